The third kappa shape index (κ3) is 5.72. The molecule has 0 aromatic heterocycles. The third-order valence-corrected chi connectivity index (χ3v) is 7.26. The molecule has 0 bridgehead atoms. The Morgan fingerprint density at radius 2 is 1.68 bits per heavy atom. The first-order valence-corrected chi connectivity index (χ1v) is 12.4. The second-order valence-electron chi connectivity index (χ2n) is 8.11. The maximum absolute atomic E-state index is 12.9. The van der Waals surface area contributed by atoms with E-state index in [0.29, 0.717) is 5.56 Å². The molecule has 1 aliphatic rings. The molecule has 3 aromatic rings. The van der Waals surface area contributed by atoms with Crippen LogP contribution in [0.1, 0.15) is 64.8 Å². The standard InChI is InChI=1S/C27H28ClNOS/c1-2-26(23-12-11-20-5-3-4-6-22(20)17-23)29-27(30)21-9-7-19(8-10-21)18-31-25-15-13-24(28)14-16-25/h7-17,26H,2-6,18H2,1H3,(H,29,30)/t26-/m1/s1. The van der Waals surface area contributed by atoms with Crippen molar-refractivity contribution in [1.29, 1.82) is 0 Å². The van der Waals surface area contributed by atoms with E-state index < -0.39 is 0 Å². The molecule has 0 unspecified atom stereocenters. The Balaban J connectivity index is 1.37. The van der Waals surface area contributed by atoms with E-state index in [9.17, 15) is 4.79 Å². The molecule has 1 amide bonds. The van der Waals surface area contributed by atoms with Crippen molar-refractivity contribution < 1.29 is 4.79 Å². The highest BCUT2D eigenvalue weighted by Crippen LogP contribution is 2.27. The molecule has 0 saturated carbocycles. The first-order chi connectivity index (χ1) is 15.1. The molecule has 0 saturated heterocycles. The molecule has 1 N–H and O–H groups in total. The smallest absolute Gasteiger partial charge is 0.251 e. The van der Waals surface area contributed by atoms with Gasteiger partial charge in [0, 0.05) is 21.2 Å². The van der Waals surface area contributed by atoms with E-state index in [1.165, 1.54) is 46.4 Å². The van der Waals surface area contributed by atoms with Crippen LogP contribution in [-0.2, 0) is 18.6 Å². The van der Waals surface area contributed by atoms with Gasteiger partial charge in [0.25, 0.3) is 5.91 Å². The Morgan fingerprint density at radius 3 is 2.39 bits per heavy atom. The van der Waals surface area contributed by atoms with Gasteiger partial charge in [0.15, 0.2) is 0 Å². The molecule has 4 heteroatoms. The Kier molecular flexibility index (Phi) is 7.37. The number of fused-ring (bicyclic) bond motifs is 1. The molecule has 0 fully saturated rings. The van der Waals surface area contributed by atoms with Crippen molar-refractivity contribution in [1.82, 2.24) is 5.32 Å². The van der Waals surface area contributed by atoms with E-state index in [4.69, 9.17) is 11.6 Å². The average molecular weight is 450 g/mol. The number of aryl methyl sites for hydroxylation is 2. The summed E-state index contributed by atoms with van der Waals surface area (Å²) in [6, 6.07) is 22.6. The van der Waals surface area contributed by atoms with E-state index in [2.05, 4.69) is 30.4 Å². The van der Waals surface area contributed by atoms with Gasteiger partial charge in [-0.15, -0.1) is 11.8 Å². The molecule has 0 aliphatic heterocycles. The van der Waals surface area contributed by atoms with Gasteiger partial charge >= 0.3 is 0 Å². The van der Waals surface area contributed by atoms with E-state index in [1.54, 1.807) is 11.8 Å². The van der Waals surface area contributed by atoms with Crippen molar-refractivity contribution in [2.75, 3.05) is 0 Å². The summed E-state index contributed by atoms with van der Waals surface area (Å²) in [4.78, 5) is 14.1. The largest absolute Gasteiger partial charge is 0.345 e. The minimum atomic E-state index is -0.0125. The Labute approximate surface area is 194 Å². The predicted octanol–water partition coefficient (Wildman–Crippen LogP) is 7.39. The SMILES string of the molecule is CC[C@@H](NC(=O)c1ccc(CSc2ccc(Cl)cc2)cc1)c1ccc2c(c1)CCCC2. The molecule has 1 aliphatic carbocycles. The summed E-state index contributed by atoms with van der Waals surface area (Å²) in [7, 11) is 0. The molecular weight excluding hydrogens is 422 g/mol. The second-order valence-corrected chi connectivity index (χ2v) is 9.59. The molecule has 0 radical (unpaired) electrons. The number of carbonyl (C=O) groups is 1. The fourth-order valence-corrected chi connectivity index (χ4v) is 5.06. The number of nitrogens with one attached hydrogen (secondary N) is 1. The summed E-state index contributed by atoms with van der Waals surface area (Å²) in [5, 5.41) is 3.98. The van der Waals surface area contributed by atoms with E-state index >= 15 is 0 Å². The van der Waals surface area contributed by atoms with Gasteiger partial charge in [-0.3, -0.25) is 4.79 Å². The first-order valence-electron chi connectivity index (χ1n) is 11.0. The van der Waals surface area contributed by atoms with Crippen molar-refractivity contribution in [2.24, 2.45) is 0 Å². The summed E-state index contributed by atoms with van der Waals surface area (Å²) in [5.74, 6) is 0.845. The van der Waals surface area contributed by atoms with Crippen LogP contribution >= 0.6 is 23.4 Å². The fraction of sp³-hybridized carbons (Fsp3) is 0.296. The van der Waals surface area contributed by atoms with Crippen LogP contribution in [0.4, 0.5) is 0 Å². The van der Waals surface area contributed by atoms with Crippen LogP contribution in [0, 0.1) is 0 Å². The number of benzene rings is 3. The van der Waals surface area contributed by atoms with Gasteiger partial charge < -0.3 is 5.32 Å². The molecular formula is C27H28ClNOS. The number of hydrogen-bond acceptors (Lipinski definition) is 2. The highest BCUT2D eigenvalue weighted by atomic mass is 35.5. The lowest BCUT2D eigenvalue weighted by Crippen LogP contribution is -2.28. The zero-order chi connectivity index (χ0) is 21.6. The molecule has 2 nitrogen and oxygen atoms in total. The fourth-order valence-electron chi connectivity index (χ4n) is 4.08. The van der Waals surface area contributed by atoms with Crippen molar-refractivity contribution >= 4 is 29.3 Å². The molecule has 0 heterocycles. The Hall–Kier alpha value is -2.23. The monoisotopic (exact) mass is 449 g/mol. The molecule has 31 heavy (non-hydrogen) atoms. The summed E-state index contributed by atoms with van der Waals surface area (Å²) >= 11 is 7.71. The van der Waals surface area contributed by atoms with Crippen molar-refractivity contribution in [2.45, 2.75) is 55.7 Å². The number of hydrogen-bond donors (Lipinski definition) is 1. The van der Waals surface area contributed by atoms with E-state index in [1.807, 2.05) is 48.5 Å². The Bertz CT molecular complexity index is 1030. The van der Waals surface area contributed by atoms with Gasteiger partial charge in [0.2, 0.25) is 0 Å². The molecule has 4 rings (SSSR count). The number of rotatable bonds is 7. The lowest BCUT2D eigenvalue weighted by Gasteiger charge is -2.22. The normalized spacial score (nSPS) is 14.0. The highest BCUT2D eigenvalue weighted by molar-refractivity contribution is 7.98. The predicted molar refractivity (Wildman–Crippen MR) is 131 cm³/mol. The van der Waals surface area contributed by atoms with Gasteiger partial charge in [0.05, 0.1) is 6.04 Å². The van der Waals surface area contributed by atoms with Crippen molar-refractivity contribution in [3.63, 3.8) is 0 Å². The van der Waals surface area contributed by atoms with Gasteiger partial charge in [-0.1, -0.05) is 48.9 Å². The quantitative estimate of drug-likeness (QED) is 0.381. The van der Waals surface area contributed by atoms with Crippen molar-refractivity contribution in [3.8, 4) is 0 Å². The summed E-state index contributed by atoms with van der Waals surface area (Å²) in [6.45, 7) is 2.13. The minimum absolute atomic E-state index is 0.0125. The molecule has 0 spiro atoms. The van der Waals surface area contributed by atoms with Crippen LogP contribution < -0.4 is 5.32 Å². The molecule has 160 valence electrons. The average Bonchev–Trinajstić information content (AvgIpc) is 2.82. The van der Waals surface area contributed by atoms with Crippen LogP contribution in [0.5, 0.6) is 0 Å². The lowest BCUT2D eigenvalue weighted by atomic mass is 9.88. The summed E-state index contributed by atoms with van der Waals surface area (Å²) in [6.07, 6.45) is 5.77. The number of halogens is 1. The molecule has 1 atom stereocenters. The van der Waals surface area contributed by atoms with Gasteiger partial charge in [-0.25, -0.2) is 0 Å². The third-order valence-electron chi connectivity index (χ3n) is 5.92. The van der Waals surface area contributed by atoms with Crippen LogP contribution in [-0.4, -0.2) is 5.91 Å². The first kappa shape index (κ1) is 22.0. The zero-order valence-electron chi connectivity index (χ0n) is 17.9. The minimum Gasteiger partial charge on any atom is -0.345 e. The van der Waals surface area contributed by atoms with Gasteiger partial charge in [0.1, 0.15) is 0 Å². The highest BCUT2D eigenvalue weighted by Gasteiger charge is 2.17. The van der Waals surface area contributed by atoms with E-state index in [-0.39, 0.29) is 11.9 Å². The molecule has 3 aromatic carbocycles. The number of amides is 1. The number of carbonyl (C=O) groups excluding carboxylic acids is 1. The van der Waals surface area contributed by atoms with E-state index in [0.717, 1.165) is 23.6 Å². The van der Waals surface area contributed by atoms with Gasteiger partial charge in [-0.2, -0.15) is 0 Å². The lowest BCUT2D eigenvalue weighted by molar-refractivity contribution is 0.0935. The number of thioether (sulfide) groups is 1. The van der Waals surface area contributed by atoms with Gasteiger partial charge in [-0.05, 0) is 90.8 Å². The summed E-state index contributed by atoms with van der Waals surface area (Å²) < 4.78 is 0. The maximum Gasteiger partial charge on any atom is 0.251 e. The van der Waals surface area contributed by atoms with Crippen LogP contribution in [0.3, 0.4) is 0 Å². The Morgan fingerprint density at radius 1 is 0.968 bits per heavy atom. The topological polar surface area (TPSA) is 29.1 Å². The van der Waals surface area contributed by atoms with Crippen molar-refractivity contribution in [3.05, 3.63) is 99.6 Å². The zero-order valence-corrected chi connectivity index (χ0v) is 19.4. The van der Waals surface area contributed by atoms with Crippen LogP contribution in [0.15, 0.2) is 71.6 Å². The van der Waals surface area contributed by atoms with Crippen LogP contribution in [0.25, 0.3) is 0 Å². The maximum atomic E-state index is 12.9. The van der Waals surface area contributed by atoms with Crippen LogP contribution in [0.2, 0.25) is 5.02 Å². The second kappa shape index (κ2) is 10.4. The summed E-state index contributed by atoms with van der Waals surface area (Å²) in [5.41, 5.74) is 6.05.